The summed E-state index contributed by atoms with van der Waals surface area (Å²) in [5.41, 5.74) is -4.49. The molecule has 2 saturated heterocycles. The number of nitrogens with zero attached hydrogens (tertiary/aromatic N) is 3. The highest BCUT2D eigenvalue weighted by molar-refractivity contribution is 6.03. The largest absolute Gasteiger partial charge is 0.445 e. The van der Waals surface area contributed by atoms with Crippen LogP contribution in [0.25, 0.3) is 0 Å². The molecule has 2 atom stereocenters. The summed E-state index contributed by atoms with van der Waals surface area (Å²) in [5.74, 6) is -1.31. The van der Waals surface area contributed by atoms with Crippen molar-refractivity contribution in [1.82, 2.24) is 14.7 Å². The first-order valence-corrected chi connectivity index (χ1v) is 15.0. The number of carbonyl (C=O) groups excluding carboxylic acids is 3. The summed E-state index contributed by atoms with van der Waals surface area (Å²) in [6.45, 7) is 6.15. The minimum atomic E-state index is -5.17. The summed E-state index contributed by atoms with van der Waals surface area (Å²) in [7, 11) is 0. The molecule has 0 aromatic heterocycles. The van der Waals surface area contributed by atoms with Gasteiger partial charge in [-0.05, 0) is 70.2 Å². The second-order valence-corrected chi connectivity index (χ2v) is 12.5. The van der Waals surface area contributed by atoms with Gasteiger partial charge in [0, 0.05) is 37.8 Å². The van der Waals surface area contributed by atoms with E-state index in [2.05, 4.69) is 0 Å². The van der Waals surface area contributed by atoms with E-state index < -0.39 is 58.8 Å². The van der Waals surface area contributed by atoms with E-state index in [1.54, 1.807) is 4.90 Å². The van der Waals surface area contributed by atoms with Crippen LogP contribution < -0.4 is 0 Å². The van der Waals surface area contributed by atoms with Crippen LogP contribution in [0.5, 0.6) is 0 Å². The highest BCUT2D eigenvalue weighted by Gasteiger charge is 2.42. The molecular weight excluding hydrogens is 620 g/mol. The Morgan fingerprint density at radius 3 is 2.07 bits per heavy atom. The molecule has 46 heavy (non-hydrogen) atoms. The van der Waals surface area contributed by atoms with Gasteiger partial charge in [-0.15, -0.1) is 0 Å². The Hall–Kier alpha value is -3.81. The number of alkyl halides is 6. The van der Waals surface area contributed by atoms with Crippen LogP contribution in [-0.4, -0.2) is 76.7 Å². The van der Waals surface area contributed by atoms with Crippen LogP contribution >= 0.6 is 0 Å². The molecule has 0 N–H and O–H groups in total. The average molecular weight is 658 g/mol. The molecule has 0 radical (unpaired) electrons. The van der Waals surface area contributed by atoms with Gasteiger partial charge in [-0.3, -0.25) is 9.69 Å². The molecule has 2 fully saturated rings. The van der Waals surface area contributed by atoms with Gasteiger partial charge >= 0.3 is 24.5 Å². The zero-order valence-electron chi connectivity index (χ0n) is 25.8. The molecule has 2 aliphatic heterocycles. The number of imide groups is 1. The van der Waals surface area contributed by atoms with E-state index in [9.17, 15) is 40.7 Å². The summed E-state index contributed by atoms with van der Waals surface area (Å²) < 4.78 is 92.1. The molecule has 2 aliphatic rings. The first-order chi connectivity index (χ1) is 21.4. The Morgan fingerprint density at radius 2 is 1.48 bits per heavy atom. The first kappa shape index (κ1) is 35.1. The van der Waals surface area contributed by atoms with E-state index >= 15 is 0 Å². The molecule has 252 valence electrons. The molecule has 0 unspecified atom stereocenters. The third-order valence-electron chi connectivity index (χ3n) is 7.88. The van der Waals surface area contributed by atoms with Gasteiger partial charge in [0.05, 0.1) is 17.2 Å². The molecule has 2 aromatic carbocycles. The second kappa shape index (κ2) is 13.9. The fraction of sp³-hybridized carbons (Fsp3) is 0.531. The van der Waals surface area contributed by atoms with Crippen LogP contribution in [0.15, 0.2) is 48.5 Å². The number of benzene rings is 2. The molecule has 8 nitrogen and oxygen atoms in total. The second-order valence-electron chi connectivity index (χ2n) is 12.5. The van der Waals surface area contributed by atoms with E-state index in [4.69, 9.17) is 9.47 Å². The van der Waals surface area contributed by atoms with Crippen LogP contribution in [0, 0.1) is 0 Å². The van der Waals surface area contributed by atoms with Gasteiger partial charge in [0.1, 0.15) is 12.2 Å². The smallest absolute Gasteiger partial charge is 0.417 e. The maximum absolute atomic E-state index is 13.7. The van der Waals surface area contributed by atoms with Crippen molar-refractivity contribution in [3.63, 3.8) is 0 Å². The molecule has 0 aliphatic carbocycles. The highest BCUT2D eigenvalue weighted by atomic mass is 19.4. The topological polar surface area (TPSA) is 79.4 Å². The summed E-state index contributed by atoms with van der Waals surface area (Å²) in [6, 6.07) is 8.90. The number of rotatable bonds is 5. The minimum absolute atomic E-state index is 0.0436. The van der Waals surface area contributed by atoms with Crippen molar-refractivity contribution in [1.29, 1.82) is 0 Å². The van der Waals surface area contributed by atoms with Crippen LogP contribution in [0.3, 0.4) is 0 Å². The van der Waals surface area contributed by atoms with Gasteiger partial charge in [0.25, 0.3) is 5.91 Å². The lowest BCUT2D eigenvalue weighted by Gasteiger charge is -2.32. The van der Waals surface area contributed by atoms with Gasteiger partial charge in [-0.25, -0.2) is 14.5 Å². The third-order valence-corrected chi connectivity index (χ3v) is 7.88. The Kier molecular flexibility index (Phi) is 10.6. The summed E-state index contributed by atoms with van der Waals surface area (Å²) in [5, 5.41) is 0. The monoisotopic (exact) mass is 657 g/mol. The number of amides is 3. The van der Waals surface area contributed by atoms with E-state index in [0.29, 0.717) is 55.9 Å². The molecule has 3 amide bonds. The maximum Gasteiger partial charge on any atom is 0.417 e. The normalized spacial score (nSPS) is 19.8. The third kappa shape index (κ3) is 9.14. The number of carbonyl (C=O) groups is 3. The molecule has 2 heterocycles. The molecule has 4 rings (SSSR count). The Balaban J connectivity index is 1.50. The number of likely N-dealkylation sites (tertiary alicyclic amines) is 2. The van der Waals surface area contributed by atoms with Crippen LogP contribution in [0.4, 0.5) is 35.9 Å². The highest BCUT2D eigenvalue weighted by Crippen LogP contribution is 2.37. The lowest BCUT2D eigenvalue weighted by molar-refractivity contribution is -0.143. The fourth-order valence-electron chi connectivity index (χ4n) is 5.67. The van der Waals surface area contributed by atoms with Crippen LogP contribution in [0.1, 0.15) is 73.5 Å². The first-order valence-electron chi connectivity index (χ1n) is 15.0. The lowest BCUT2D eigenvalue weighted by atomic mass is 10.0. The molecule has 2 aromatic rings. The SMILES string of the molecule is CC(C)(C)OC(=O)N(C(=O)c1cc(C(F)(F)F)cc(C(F)(F)F)c1)[C@@H]1CCN([C@H]2CCCN(C(=O)OCc3ccccc3)CC2)C1. The molecule has 0 saturated carbocycles. The Bertz CT molecular complexity index is 1360. The zero-order valence-corrected chi connectivity index (χ0v) is 25.8. The maximum atomic E-state index is 13.7. The Labute approximate surface area is 263 Å². The van der Waals surface area contributed by atoms with Gasteiger partial charge in [0.15, 0.2) is 0 Å². The molecular formula is C32H37F6N3O5. The predicted octanol–water partition coefficient (Wildman–Crippen LogP) is 7.37. The summed E-state index contributed by atoms with van der Waals surface area (Å²) in [4.78, 5) is 44.0. The summed E-state index contributed by atoms with van der Waals surface area (Å²) >= 11 is 0. The molecule has 0 bridgehead atoms. The van der Waals surface area contributed by atoms with Crippen molar-refractivity contribution in [2.75, 3.05) is 26.2 Å². The van der Waals surface area contributed by atoms with Crippen LogP contribution in [-0.2, 0) is 28.4 Å². The van der Waals surface area contributed by atoms with Crippen molar-refractivity contribution in [2.45, 2.75) is 83.1 Å². The van der Waals surface area contributed by atoms with E-state index in [-0.39, 0.29) is 31.7 Å². The quantitative estimate of drug-likeness (QED) is 0.313. The van der Waals surface area contributed by atoms with Gasteiger partial charge in [-0.2, -0.15) is 26.3 Å². The lowest BCUT2D eigenvalue weighted by Crippen LogP contribution is -2.49. The predicted molar refractivity (Wildman–Crippen MR) is 155 cm³/mol. The van der Waals surface area contributed by atoms with Gasteiger partial charge in [-0.1, -0.05) is 30.3 Å². The van der Waals surface area contributed by atoms with Crippen LogP contribution in [0.2, 0.25) is 0 Å². The number of hydrogen-bond acceptors (Lipinski definition) is 6. The minimum Gasteiger partial charge on any atom is -0.445 e. The number of ether oxygens (including phenoxy) is 2. The summed E-state index contributed by atoms with van der Waals surface area (Å²) in [6.07, 6.45) is -9.79. The van der Waals surface area contributed by atoms with Crippen molar-refractivity contribution in [2.24, 2.45) is 0 Å². The zero-order chi connectivity index (χ0) is 33.9. The van der Waals surface area contributed by atoms with Crippen molar-refractivity contribution < 1.29 is 50.2 Å². The van der Waals surface area contributed by atoms with Gasteiger partial charge in [0.2, 0.25) is 0 Å². The standard InChI is InChI=1S/C32H37F6N3O5/c1-30(2,3)46-29(44)41(27(42)22-16-23(31(33,34)35)18-24(17-22)32(36,37)38)26-12-15-40(19-26)25-10-7-13-39(14-11-25)28(43)45-20-21-8-5-4-6-9-21/h4-6,8-9,16-18,25-26H,7,10-15,19-20H2,1-3H3/t25-,26+/m0/s1. The number of hydrogen-bond donors (Lipinski definition) is 0. The van der Waals surface area contributed by atoms with Crippen molar-refractivity contribution >= 4 is 18.1 Å². The van der Waals surface area contributed by atoms with Crippen molar-refractivity contribution in [3.8, 4) is 0 Å². The fourth-order valence-corrected chi connectivity index (χ4v) is 5.67. The van der Waals surface area contributed by atoms with E-state index in [0.717, 1.165) is 5.56 Å². The number of halogens is 6. The Morgan fingerprint density at radius 1 is 0.848 bits per heavy atom. The average Bonchev–Trinajstić information content (AvgIpc) is 3.30. The van der Waals surface area contributed by atoms with E-state index in [1.165, 1.54) is 20.8 Å². The van der Waals surface area contributed by atoms with E-state index in [1.807, 2.05) is 35.2 Å². The van der Waals surface area contributed by atoms with Gasteiger partial charge < -0.3 is 14.4 Å². The molecule has 14 heteroatoms. The van der Waals surface area contributed by atoms with Crippen molar-refractivity contribution in [3.05, 3.63) is 70.8 Å². The molecule has 0 spiro atoms.